The smallest absolute Gasteiger partial charge is 0.325 e. The Morgan fingerprint density at radius 1 is 1.22 bits per heavy atom. The number of carbonyl (C=O) groups is 2. The number of hydrogen-bond acceptors (Lipinski definition) is 4. The summed E-state index contributed by atoms with van der Waals surface area (Å²) in [4.78, 5) is 31.3. The van der Waals surface area contributed by atoms with Crippen molar-refractivity contribution in [2.75, 3.05) is 11.9 Å². The predicted molar refractivity (Wildman–Crippen MR) is 121 cm³/mol. The molecule has 9 heteroatoms. The summed E-state index contributed by atoms with van der Waals surface area (Å²) in [5.41, 5.74) is 1.55. The second-order valence-corrected chi connectivity index (χ2v) is 8.47. The summed E-state index contributed by atoms with van der Waals surface area (Å²) in [6, 6.07) is 10.4. The predicted octanol–water partition coefficient (Wildman–Crippen LogP) is 5.47. The molecule has 3 rings (SSSR count). The van der Waals surface area contributed by atoms with E-state index in [0.29, 0.717) is 10.9 Å². The second kappa shape index (κ2) is 9.60. The highest BCUT2D eigenvalue weighted by Crippen LogP contribution is 2.36. The lowest BCUT2D eigenvalue weighted by Gasteiger charge is -2.15. The highest BCUT2D eigenvalue weighted by atomic mass is 32.2. The van der Waals surface area contributed by atoms with Crippen molar-refractivity contribution in [2.24, 2.45) is 4.99 Å². The molecule has 0 spiro atoms. The molecule has 32 heavy (non-hydrogen) atoms. The van der Waals surface area contributed by atoms with E-state index in [0.717, 1.165) is 29.0 Å². The van der Waals surface area contributed by atoms with E-state index in [1.54, 1.807) is 6.08 Å². The molecule has 0 saturated carbocycles. The molecule has 1 heterocycles. The molecule has 0 unspecified atom stereocenters. The molecule has 1 saturated heterocycles. The van der Waals surface area contributed by atoms with Gasteiger partial charge in [0, 0.05) is 13.0 Å². The molecule has 0 aromatic heterocycles. The number of alkyl halides is 3. The fourth-order valence-corrected chi connectivity index (χ4v) is 4.30. The van der Waals surface area contributed by atoms with E-state index < -0.39 is 22.9 Å². The highest BCUT2D eigenvalue weighted by molar-refractivity contribution is 8.15. The summed E-state index contributed by atoms with van der Waals surface area (Å²) in [7, 11) is 0. The second-order valence-electron chi connectivity index (χ2n) is 7.30. The molecule has 168 valence electrons. The average molecular weight is 462 g/mol. The number of rotatable bonds is 6. The molecule has 1 aliphatic rings. The molecule has 0 aliphatic carbocycles. The summed E-state index contributed by atoms with van der Waals surface area (Å²) < 4.78 is 39.5. The van der Waals surface area contributed by atoms with E-state index in [4.69, 9.17) is 0 Å². The first kappa shape index (κ1) is 23.6. The number of anilines is 1. The first-order valence-electron chi connectivity index (χ1n) is 9.81. The Morgan fingerprint density at radius 3 is 2.59 bits per heavy atom. The van der Waals surface area contributed by atoms with Crippen molar-refractivity contribution in [1.29, 1.82) is 0 Å². The van der Waals surface area contributed by atoms with Crippen molar-refractivity contribution in [1.82, 2.24) is 4.90 Å². The molecule has 2 amide bonds. The van der Waals surface area contributed by atoms with Gasteiger partial charge in [0.15, 0.2) is 5.17 Å². The molecule has 2 aromatic carbocycles. The zero-order chi connectivity index (χ0) is 23.5. The molecule has 2 aromatic rings. The SMILES string of the molecule is C=CCN1C(=O)[C@@H](CC(=O)Nc2ccccc2C(F)(F)F)SC1=Nc1ccc(C)c(C)c1. The van der Waals surface area contributed by atoms with Gasteiger partial charge in [-0.05, 0) is 49.2 Å². The lowest BCUT2D eigenvalue weighted by atomic mass is 10.1. The number of aliphatic imine (C=N–C) groups is 1. The zero-order valence-electron chi connectivity index (χ0n) is 17.6. The Bertz CT molecular complexity index is 1080. The standard InChI is InChI=1S/C23H22F3N3O2S/c1-4-11-29-21(31)19(32-22(29)27-16-10-9-14(2)15(3)12-16)13-20(30)28-18-8-6-5-7-17(18)23(24,25)26/h4-10,12,19H,1,11,13H2,2-3H3,(H,28,30)/t19-/m1/s1. The normalized spacial score (nSPS) is 17.7. The van der Waals surface area contributed by atoms with Crippen molar-refractivity contribution in [3.05, 3.63) is 71.8 Å². The fourth-order valence-electron chi connectivity index (χ4n) is 3.14. The minimum atomic E-state index is -4.60. The Labute approximate surface area is 188 Å². The van der Waals surface area contributed by atoms with Crippen molar-refractivity contribution in [3.8, 4) is 0 Å². The van der Waals surface area contributed by atoms with Crippen LogP contribution in [0.2, 0.25) is 0 Å². The molecule has 0 bridgehead atoms. The zero-order valence-corrected chi connectivity index (χ0v) is 18.4. The van der Waals surface area contributed by atoms with Gasteiger partial charge in [0.25, 0.3) is 0 Å². The summed E-state index contributed by atoms with van der Waals surface area (Å²) in [5.74, 6) is -1.02. The molecule has 1 aliphatic heterocycles. The Balaban J connectivity index is 1.78. The summed E-state index contributed by atoms with van der Waals surface area (Å²) in [6.45, 7) is 7.81. The van der Waals surface area contributed by atoms with Gasteiger partial charge in [-0.2, -0.15) is 13.2 Å². The third-order valence-corrected chi connectivity index (χ3v) is 6.10. The molecule has 1 N–H and O–H groups in total. The third kappa shape index (κ3) is 5.40. The highest BCUT2D eigenvalue weighted by Gasteiger charge is 2.39. The van der Waals surface area contributed by atoms with Crippen LogP contribution in [0, 0.1) is 13.8 Å². The largest absolute Gasteiger partial charge is 0.418 e. The summed E-state index contributed by atoms with van der Waals surface area (Å²) >= 11 is 1.12. The fraction of sp³-hybridized carbons (Fsp3) is 0.261. The van der Waals surface area contributed by atoms with Crippen molar-refractivity contribution >= 4 is 40.1 Å². The number of nitrogens with one attached hydrogen (secondary N) is 1. The number of benzene rings is 2. The number of hydrogen-bond donors (Lipinski definition) is 1. The van der Waals surface area contributed by atoms with Gasteiger partial charge in [-0.1, -0.05) is 36.0 Å². The number of amides is 2. The van der Waals surface area contributed by atoms with Crippen LogP contribution >= 0.6 is 11.8 Å². The molecule has 1 fully saturated rings. The maximum absolute atomic E-state index is 13.2. The van der Waals surface area contributed by atoms with Crippen LogP contribution in [-0.2, 0) is 15.8 Å². The van der Waals surface area contributed by atoms with Crippen molar-refractivity contribution in [3.63, 3.8) is 0 Å². The van der Waals surface area contributed by atoms with Gasteiger partial charge in [-0.25, -0.2) is 4.99 Å². The van der Waals surface area contributed by atoms with Gasteiger partial charge in [-0.3, -0.25) is 14.5 Å². The van der Waals surface area contributed by atoms with Crippen LogP contribution in [0.25, 0.3) is 0 Å². The van der Waals surface area contributed by atoms with Crippen LogP contribution in [-0.4, -0.2) is 33.7 Å². The summed E-state index contributed by atoms with van der Waals surface area (Å²) in [6.07, 6.45) is -3.33. The third-order valence-electron chi connectivity index (χ3n) is 4.92. The molecule has 1 atom stereocenters. The number of para-hydroxylation sites is 1. The lowest BCUT2D eigenvalue weighted by Crippen LogP contribution is -2.33. The van der Waals surface area contributed by atoms with Crippen LogP contribution in [0.5, 0.6) is 0 Å². The van der Waals surface area contributed by atoms with E-state index in [1.807, 2.05) is 32.0 Å². The van der Waals surface area contributed by atoms with Crippen LogP contribution in [0.4, 0.5) is 24.5 Å². The molecular weight excluding hydrogens is 439 g/mol. The topological polar surface area (TPSA) is 61.8 Å². The number of aryl methyl sites for hydroxylation is 2. The molecular formula is C23H22F3N3O2S. The van der Waals surface area contributed by atoms with Gasteiger partial charge < -0.3 is 5.32 Å². The number of carbonyl (C=O) groups excluding carboxylic acids is 2. The van der Waals surface area contributed by atoms with Gasteiger partial charge in [0.05, 0.1) is 16.9 Å². The monoisotopic (exact) mass is 461 g/mol. The average Bonchev–Trinajstić information content (AvgIpc) is 2.99. The van der Waals surface area contributed by atoms with E-state index in [9.17, 15) is 22.8 Å². The lowest BCUT2D eigenvalue weighted by molar-refractivity contribution is -0.137. The minimum absolute atomic E-state index is 0.213. The number of nitrogens with zero attached hydrogens (tertiary/aromatic N) is 2. The quantitative estimate of drug-likeness (QED) is 0.581. The molecule has 5 nitrogen and oxygen atoms in total. The Morgan fingerprint density at radius 2 is 1.94 bits per heavy atom. The van der Waals surface area contributed by atoms with Crippen LogP contribution < -0.4 is 5.32 Å². The van der Waals surface area contributed by atoms with Crippen molar-refractivity contribution in [2.45, 2.75) is 31.7 Å². The minimum Gasteiger partial charge on any atom is -0.325 e. The number of halogens is 3. The van der Waals surface area contributed by atoms with E-state index in [2.05, 4.69) is 16.9 Å². The first-order chi connectivity index (χ1) is 15.1. The first-order valence-corrected chi connectivity index (χ1v) is 10.7. The van der Waals surface area contributed by atoms with E-state index in [-0.39, 0.29) is 24.6 Å². The maximum atomic E-state index is 13.2. The van der Waals surface area contributed by atoms with E-state index >= 15 is 0 Å². The van der Waals surface area contributed by atoms with Crippen LogP contribution in [0.3, 0.4) is 0 Å². The van der Waals surface area contributed by atoms with E-state index in [1.165, 1.54) is 23.1 Å². The Kier molecular flexibility index (Phi) is 7.08. The molecule has 0 radical (unpaired) electrons. The Hall–Kier alpha value is -3.07. The summed E-state index contributed by atoms with van der Waals surface area (Å²) in [5, 5.41) is 1.92. The van der Waals surface area contributed by atoms with Gasteiger partial charge in [-0.15, -0.1) is 6.58 Å². The number of amidine groups is 1. The number of thioether (sulfide) groups is 1. The van der Waals surface area contributed by atoms with Gasteiger partial charge in [0.1, 0.15) is 5.25 Å². The van der Waals surface area contributed by atoms with Crippen LogP contribution in [0.15, 0.2) is 60.1 Å². The van der Waals surface area contributed by atoms with Gasteiger partial charge >= 0.3 is 6.18 Å². The maximum Gasteiger partial charge on any atom is 0.418 e. The van der Waals surface area contributed by atoms with Gasteiger partial charge in [0.2, 0.25) is 11.8 Å². The van der Waals surface area contributed by atoms with Crippen LogP contribution in [0.1, 0.15) is 23.1 Å². The van der Waals surface area contributed by atoms with Crippen molar-refractivity contribution < 1.29 is 22.8 Å².